The van der Waals surface area contributed by atoms with Crippen LogP contribution in [0, 0.1) is 0 Å². The summed E-state index contributed by atoms with van der Waals surface area (Å²) < 4.78 is 28.2. The lowest BCUT2D eigenvalue weighted by Gasteiger charge is -2.17. The van der Waals surface area contributed by atoms with Gasteiger partial charge in [0.25, 0.3) is 0 Å². The summed E-state index contributed by atoms with van der Waals surface area (Å²) >= 11 is 2.83. The number of anilines is 1. The SMILES string of the molecule is CSCC[C@@H](NS(=O)(=O)c1ccc2ccccc2c1)C(=O)Nc1nccs1. The van der Waals surface area contributed by atoms with Gasteiger partial charge in [0.2, 0.25) is 15.9 Å². The molecule has 3 rings (SSSR count). The Kier molecular flexibility index (Phi) is 6.48. The van der Waals surface area contributed by atoms with Gasteiger partial charge in [-0.15, -0.1) is 11.3 Å². The zero-order valence-electron chi connectivity index (χ0n) is 14.6. The molecule has 1 aromatic heterocycles. The molecule has 0 aliphatic heterocycles. The predicted molar refractivity (Wildman–Crippen MR) is 112 cm³/mol. The fourth-order valence-corrected chi connectivity index (χ4v) is 4.81. The number of hydrogen-bond donors (Lipinski definition) is 2. The van der Waals surface area contributed by atoms with E-state index in [-0.39, 0.29) is 4.90 Å². The molecule has 0 radical (unpaired) electrons. The second-order valence-corrected chi connectivity index (χ2v) is 9.38. The fraction of sp³-hybridized carbons (Fsp3) is 0.222. The van der Waals surface area contributed by atoms with Gasteiger partial charge in [-0.25, -0.2) is 13.4 Å². The number of thioether (sulfide) groups is 1. The van der Waals surface area contributed by atoms with E-state index in [2.05, 4.69) is 15.0 Å². The molecular weight excluding hydrogens is 402 g/mol. The third-order valence-corrected chi connectivity index (χ3v) is 6.72. The quantitative estimate of drug-likeness (QED) is 0.582. The highest BCUT2D eigenvalue weighted by molar-refractivity contribution is 7.98. The molecule has 0 spiro atoms. The van der Waals surface area contributed by atoms with Crippen LogP contribution in [-0.2, 0) is 14.8 Å². The Hall–Kier alpha value is -1.94. The number of nitrogens with one attached hydrogen (secondary N) is 2. The van der Waals surface area contributed by atoms with Crippen molar-refractivity contribution in [3.05, 3.63) is 54.0 Å². The van der Waals surface area contributed by atoms with E-state index in [0.717, 1.165) is 10.8 Å². The second-order valence-electron chi connectivity index (χ2n) is 5.79. The number of rotatable bonds is 8. The average Bonchev–Trinajstić information content (AvgIpc) is 3.17. The number of carbonyl (C=O) groups is 1. The number of sulfonamides is 1. The van der Waals surface area contributed by atoms with E-state index in [1.807, 2.05) is 30.5 Å². The van der Waals surface area contributed by atoms with Gasteiger partial charge in [0.1, 0.15) is 6.04 Å². The summed E-state index contributed by atoms with van der Waals surface area (Å²) in [4.78, 5) is 16.7. The molecule has 0 unspecified atom stereocenters. The first-order valence-corrected chi connectivity index (χ1v) is 12.0. The normalized spacial score (nSPS) is 12.8. The van der Waals surface area contributed by atoms with Gasteiger partial charge in [-0.2, -0.15) is 16.5 Å². The summed E-state index contributed by atoms with van der Waals surface area (Å²) in [5, 5.41) is 6.63. The van der Waals surface area contributed by atoms with Gasteiger partial charge in [-0.3, -0.25) is 4.79 Å². The van der Waals surface area contributed by atoms with Crippen LogP contribution in [0.2, 0.25) is 0 Å². The molecule has 9 heteroatoms. The van der Waals surface area contributed by atoms with Gasteiger partial charge in [-0.1, -0.05) is 30.3 Å². The van der Waals surface area contributed by atoms with Gasteiger partial charge in [0.05, 0.1) is 4.90 Å². The van der Waals surface area contributed by atoms with Gasteiger partial charge < -0.3 is 5.32 Å². The van der Waals surface area contributed by atoms with Crippen molar-refractivity contribution in [2.75, 3.05) is 17.3 Å². The largest absolute Gasteiger partial charge is 0.301 e. The van der Waals surface area contributed by atoms with Gasteiger partial charge >= 0.3 is 0 Å². The van der Waals surface area contributed by atoms with Crippen molar-refractivity contribution in [1.82, 2.24) is 9.71 Å². The minimum absolute atomic E-state index is 0.136. The maximum atomic E-state index is 12.8. The highest BCUT2D eigenvalue weighted by Gasteiger charge is 2.26. The first-order valence-electron chi connectivity index (χ1n) is 8.20. The Labute approximate surface area is 166 Å². The third kappa shape index (κ3) is 5.07. The van der Waals surface area contributed by atoms with Gasteiger partial charge in [-0.05, 0) is 41.3 Å². The molecule has 6 nitrogen and oxygen atoms in total. The van der Waals surface area contributed by atoms with Crippen LogP contribution in [-0.4, -0.2) is 37.4 Å². The van der Waals surface area contributed by atoms with Gasteiger partial charge in [0, 0.05) is 11.6 Å². The molecular formula is C18H19N3O3S3. The molecule has 0 saturated heterocycles. The highest BCUT2D eigenvalue weighted by Crippen LogP contribution is 2.20. The first-order chi connectivity index (χ1) is 13.0. The first kappa shape index (κ1) is 19.8. The molecule has 0 bridgehead atoms. The molecule has 0 fully saturated rings. The van der Waals surface area contributed by atoms with Crippen LogP contribution in [0.3, 0.4) is 0 Å². The summed E-state index contributed by atoms with van der Waals surface area (Å²) in [5.74, 6) is 0.235. The van der Waals surface area contributed by atoms with E-state index in [1.165, 1.54) is 11.3 Å². The molecule has 1 amide bonds. The number of thiazole rings is 1. The van der Waals surface area contributed by atoms with Crippen molar-refractivity contribution in [2.24, 2.45) is 0 Å². The van der Waals surface area contributed by atoms with Crippen LogP contribution in [0.15, 0.2) is 58.9 Å². The molecule has 2 aromatic carbocycles. The topological polar surface area (TPSA) is 88.2 Å². The highest BCUT2D eigenvalue weighted by atomic mass is 32.2. The van der Waals surface area contributed by atoms with Crippen molar-refractivity contribution in [2.45, 2.75) is 17.4 Å². The van der Waals surface area contributed by atoms with E-state index >= 15 is 0 Å². The molecule has 142 valence electrons. The summed E-state index contributed by atoms with van der Waals surface area (Å²) in [7, 11) is -3.84. The Morgan fingerprint density at radius 1 is 1.22 bits per heavy atom. The molecule has 1 heterocycles. The lowest BCUT2D eigenvalue weighted by Crippen LogP contribution is -2.44. The van der Waals surface area contributed by atoms with E-state index in [9.17, 15) is 13.2 Å². The van der Waals surface area contributed by atoms with Crippen molar-refractivity contribution in [3.63, 3.8) is 0 Å². The van der Waals surface area contributed by atoms with Crippen molar-refractivity contribution in [3.8, 4) is 0 Å². The Morgan fingerprint density at radius 3 is 2.70 bits per heavy atom. The molecule has 3 aromatic rings. The zero-order valence-corrected chi connectivity index (χ0v) is 17.0. The van der Waals surface area contributed by atoms with Crippen molar-refractivity contribution >= 4 is 54.9 Å². The van der Waals surface area contributed by atoms with Crippen LogP contribution >= 0.6 is 23.1 Å². The third-order valence-electron chi connectivity index (χ3n) is 3.92. The van der Waals surface area contributed by atoms with Crippen LogP contribution < -0.4 is 10.0 Å². The second kappa shape index (κ2) is 8.83. The summed E-state index contributed by atoms with van der Waals surface area (Å²) in [6.45, 7) is 0. The lowest BCUT2D eigenvalue weighted by molar-refractivity contribution is -0.117. The standard InChI is InChI=1S/C18H19N3O3S3/c1-25-10-8-16(17(22)20-18-19-9-11-26-18)21-27(23,24)15-7-6-13-4-2-3-5-14(13)12-15/h2-7,9,11-12,16,21H,8,10H2,1H3,(H,19,20,22)/t16-/m1/s1. The number of nitrogens with zero attached hydrogens (tertiary/aromatic N) is 1. The minimum atomic E-state index is -3.84. The maximum absolute atomic E-state index is 12.8. The molecule has 0 aliphatic carbocycles. The van der Waals surface area contributed by atoms with Crippen LogP contribution in [0.4, 0.5) is 5.13 Å². The Balaban J connectivity index is 1.82. The lowest BCUT2D eigenvalue weighted by atomic mass is 10.1. The number of benzene rings is 2. The number of aromatic nitrogens is 1. The average molecular weight is 422 g/mol. The zero-order chi connectivity index (χ0) is 19.3. The Morgan fingerprint density at radius 2 is 2.00 bits per heavy atom. The fourth-order valence-electron chi connectivity index (χ4n) is 2.55. The van der Waals surface area contributed by atoms with E-state index in [1.54, 1.807) is 41.5 Å². The number of amides is 1. The summed E-state index contributed by atoms with van der Waals surface area (Å²) in [6.07, 6.45) is 3.87. The van der Waals surface area contributed by atoms with Crippen molar-refractivity contribution in [1.29, 1.82) is 0 Å². The molecule has 27 heavy (non-hydrogen) atoms. The van der Waals surface area contributed by atoms with Gasteiger partial charge in [0.15, 0.2) is 5.13 Å². The molecule has 1 atom stereocenters. The molecule has 0 aliphatic rings. The summed E-state index contributed by atoms with van der Waals surface area (Å²) in [5.41, 5.74) is 0. The molecule has 0 saturated carbocycles. The number of hydrogen-bond acceptors (Lipinski definition) is 6. The summed E-state index contributed by atoms with van der Waals surface area (Å²) in [6, 6.07) is 11.6. The van der Waals surface area contributed by atoms with Crippen LogP contribution in [0.1, 0.15) is 6.42 Å². The van der Waals surface area contributed by atoms with Crippen LogP contribution in [0.25, 0.3) is 10.8 Å². The van der Waals surface area contributed by atoms with Crippen molar-refractivity contribution < 1.29 is 13.2 Å². The maximum Gasteiger partial charge on any atom is 0.244 e. The minimum Gasteiger partial charge on any atom is -0.301 e. The van der Waals surface area contributed by atoms with E-state index in [4.69, 9.17) is 0 Å². The van der Waals surface area contributed by atoms with E-state index in [0.29, 0.717) is 17.3 Å². The number of fused-ring (bicyclic) bond motifs is 1. The Bertz CT molecular complexity index is 1020. The predicted octanol–water partition coefficient (Wildman–Crippen LogP) is 3.34. The van der Waals surface area contributed by atoms with E-state index < -0.39 is 22.0 Å². The smallest absolute Gasteiger partial charge is 0.244 e. The molecule has 2 N–H and O–H groups in total. The monoisotopic (exact) mass is 421 g/mol. The van der Waals surface area contributed by atoms with Crippen LogP contribution in [0.5, 0.6) is 0 Å². The number of carbonyl (C=O) groups excluding carboxylic acids is 1.